The molecule has 0 saturated carbocycles. The van der Waals surface area contributed by atoms with Gasteiger partial charge < -0.3 is 0 Å². The Kier molecular flexibility index (Phi) is 1.29. The van der Waals surface area contributed by atoms with Gasteiger partial charge in [0.25, 0.3) is 0 Å². The van der Waals surface area contributed by atoms with Crippen LogP contribution in [-0.2, 0) is 4.79 Å². The summed E-state index contributed by atoms with van der Waals surface area (Å²) < 4.78 is 0. The Hall–Kier alpha value is -1.21. The van der Waals surface area contributed by atoms with Crippen LogP contribution in [0.15, 0.2) is 15.7 Å². The predicted octanol–water partition coefficient (Wildman–Crippen LogP) is 0.595. The van der Waals surface area contributed by atoms with E-state index < -0.39 is 0 Å². The number of aliphatic imine (C=N–C) groups is 2. The Morgan fingerprint density at radius 1 is 1.33 bits per heavy atom. The molecule has 0 aromatic rings. The second kappa shape index (κ2) is 1.96. The first kappa shape index (κ1) is 5.92. The van der Waals surface area contributed by atoms with Gasteiger partial charge in [0.2, 0.25) is 0 Å². The average Bonchev–Trinajstić information content (AvgIpc) is 2.10. The monoisotopic (exact) mass is 122 g/mol. The van der Waals surface area contributed by atoms with Gasteiger partial charge in [-0.3, -0.25) is 0 Å². The van der Waals surface area contributed by atoms with Gasteiger partial charge in [-0.05, 0) is 13.8 Å². The molecule has 0 aromatic heterocycles. The molecule has 1 aliphatic heterocycles. The molecule has 9 heavy (non-hydrogen) atoms. The third kappa shape index (κ3) is 0.952. The minimum Gasteiger partial charge on any atom is -0.236 e. The second-order valence-electron chi connectivity index (χ2n) is 1.81. The van der Waals surface area contributed by atoms with E-state index in [-0.39, 0.29) is 0 Å². The van der Waals surface area contributed by atoms with E-state index in [0.717, 1.165) is 0 Å². The maximum absolute atomic E-state index is 10.0. The van der Waals surface area contributed by atoms with Crippen LogP contribution in [0.3, 0.4) is 0 Å². The molecule has 0 bridgehead atoms. The molecule has 0 radical (unpaired) electrons. The summed E-state index contributed by atoms with van der Waals surface area (Å²) in [7, 11) is 0. The van der Waals surface area contributed by atoms with Crippen LogP contribution in [-0.4, -0.2) is 17.5 Å². The molecule has 3 nitrogen and oxygen atoms in total. The zero-order chi connectivity index (χ0) is 6.85. The summed E-state index contributed by atoms with van der Waals surface area (Å²) in [5.74, 6) is 2.32. The zero-order valence-corrected chi connectivity index (χ0v) is 5.30. The van der Waals surface area contributed by atoms with Crippen LogP contribution in [0.25, 0.3) is 0 Å². The SMILES string of the molecule is CC1=NC(=C=O)C(C)=N1. The summed E-state index contributed by atoms with van der Waals surface area (Å²) in [5, 5.41) is 0. The van der Waals surface area contributed by atoms with E-state index in [4.69, 9.17) is 0 Å². The van der Waals surface area contributed by atoms with E-state index in [0.29, 0.717) is 17.2 Å². The number of carbonyl (C=O) groups excluding carboxylic acids is 1. The highest BCUT2D eigenvalue weighted by Crippen LogP contribution is 2.04. The van der Waals surface area contributed by atoms with E-state index in [1.54, 1.807) is 19.8 Å². The molecule has 0 aliphatic carbocycles. The summed E-state index contributed by atoms with van der Waals surface area (Å²) in [5.41, 5.74) is 0.981. The normalized spacial score (nSPS) is 16.9. The van der Waals surface area contributed by atoms with E-state index in [2.05, 4.69) is 9.98 Å². The van der Waals surface area contributed by atoms with Crippen molar-refractivity contribution >= 4 is 17.5 Å². The molecule has 46 valence electrons. The van der Waals surface area contributed by atoms with Crippen LogP contribution >= 0.6 is 0 Å². The number of hydrogen-bond acceptors (Lipinski definition) is 3. The lowest BCUT2D eigenvalue weighted by Crippen LogP contribution is -1.88. The molecular weight excluding hydrogens is 116 g/mol. The highest BCUT2D eigenvalue weighted by molar-refractivity contribution is 6.15. The van der Waals surface area contributed by atoms with Gasteiger partial charge in [0, 0.05) is 0 Å². The average molecular weight is 122 g/mol. The Morgan fingerprint density at radius 2 is 2.00 bits per heavy atom. The van der Waals surface area contributed by atoms with Crippen molar-refractivity contribution in [2.24, 2.45) is 9.98 Å². The lowest BCUT2D eigenvalue weighted by molar-refractivity contribution is 0.568. The number of nitrogens with zero attached hydrogens (tertiary/aromatic N) is 2. The van der Waals surface area contributed by atoms with Gasteiger partial charge in [-0.25, -0.2) is 14.8 Å². The van der Waals surface area contributed by atoms with Crippen molar-refractivity contribution < 1.29 is 4.79 Å². The van der Waals surface area contributed by atoms with Crippen LogP contribution in [0.4, 0.5) is 0 Å². The Balaban J connectivity index is 3.10. The van der Waals surface area contributed by atoms with Crippen molar-refractivity contribution in [3.05, 3.63) is 5.70 Å². The molecule has 1 rings (SSSR count). The molecule has 0 aromatic carbocycles. The maximum atomic E-state index is 10.0. The quantitative estimate of drug-likeness (QED) is 0.433. The molecule has 0 amide bonds. The summed E-state index contributed by atoms with van der Waals surface area (Å²) in [6.07, 6.45) is 0. The van der Waals surface area contributed by atoms with Gasteiger partial charge in [0.1, 0.15) is 5.84 Å². The van der Waals surface area contributed by atoms with Gasteiger partial charge in [0.15, 0.2) is 11.6 Å². The van der Waals surface area contributed by atoms with Crippen LogP contribution in [0.2, 0.25) is 0 Å². The molecular formula is C6H6N2O. The van der Waals surface area contributed by atoms with Crippen LogP contribution in [0, 0.1) is 0 Å². The van der Waals surface area contributed by atoms with Crippen LogP contribution in [0.1, 0.15) is 13.8 Å². The molecule has 0 spiro atoms. The fraction of sp³-hybridized carbons (Fsp3) is 0.333. The van der Waals surface area contributed by atoms with Gasteiger partial charge >= 0.3 is 0 Å². The molecule has 1 heterocycles. The standard InChI is InChI=1S/C6H6N2O/c1-4-6(3-9)8-5(2)7-4/h1-2H3. The van der Waals surface area contributed by atoms with E-state index in [9.17, 15) is 4.79 Å². The van der Waals surface area contributed by atoms with Crippen molar-refractivity contribution in [2.75, 3.05) is 0 Å². The maximum Gasteiger partial charge on any atom is 0.170 e. The third-order valence-electron chi connectivity index (χ3n) is 1.04. The molecule has 0 N–H and O–H groups in total. The first-order chi connectivity index (χ1) is 4.24. The lowest BCUT2D eigenvalue weighted by atomic mass is 10.3. The van der Waals surface area contributed by atoms with Gasteiger partial charge in [-0.2, -0.15) is 0 Å². The highest BCUT2D eigenvalue weighted by atomic mass is 16.1. The largest absolute Gasteiger partial charge is 0.236 e. The fourth-order valence-electron chi connectivity index (χ4n) is 0.660. The topological polar surface area (TPSA) is 41.8 Å². The van der Waals surface area contributed by atoms with Crippen molar-refractivity contribution in [2.45, 2.75) is 13.8 Å². The summed E-state index contributed by atoms with van der Waals surface area (Å²) in [4.78, 5) is 17.7. The predicted molar refractivity (Wildman–Crippen MR) is 35.4 cm³/mol. The molecule has 0 fully saturated rings. The van der Waals surface area contributed by atoms with Gasteiger partial charge in [-0.1, -0.05) is 0 Å². The van der Waals surface area contributed by atoms with Crippen LogP contribution in [0.5, 0.6) is 0 Å². The third-order valence-corrected chi connectivity index (χ3v) is 1.04. The Bertz CT molecular complexity index is 244. The van der Waals surface area contributed by atoms with Crippen molar-refractivity contribution in [3.8, 4) is 0 Å². The summed E-state index contributed by atoms with van der Waals surface area (Å²) >= 11 is 0. The molecule has 0 saturated heterocycles. The van der Waals surface area contributed by atoms with E-state index >= 15 is 0 Å². The van der Waals surface area contributed by atoms with E-state index in [1.165, 1.54) is 0 Å². The number of hydrogen-bond donors (Lipinski definition) is 0. The Labute approximate surface area is 52.8 Å². The number of allylic oxidation sites excluding steroid dienone is 1. The number of rotatable bonds is 0. The van der Waals surface area contributed by atoms with Crippen molar-refractivity contribution in [1.29, 1.82) is 0 Å². The Morgan fingerprint density at radius 3 is 2.22 bits per heavy atom. The lowest BCUT2D eigenvalue weighted by Gasteiger charge is -1.79. The second-order valence-corrected chi connectivity index (χ2v) is 1.81. The number of amidine groups is 1. The zero-order valence-electron chi connectivity index (χ0n) is 5.30. The van der Waals surface area contributed by atoms with Crippen molar-refractivity contribution in [3.63, 3.8) is 0 Å². The smallest absolute Gasteiger partial charge is 0.170 e. The molecule has 3 heteroatoms. The minimum absolute atomic E-state index is 0.326. The minimum atomic E-state index is 0.326. The molecule has 1 aliphatic rings. The first-order valence-electron chi connectivity index (χ1n) is 2.60. The molecule has 0 unspecified atom stereocenters. The van der Waals surface area contributed by atoms with E-state index in [1.807, 2.05) is 0 Å². The van der Waals surface area contributed by atoms with Crippen molar-refractivity contribution in [1.82, 2.24) is 0 Å². The highest BCUT2D eigenvalue weighted by Gasteiger charge is 2.08. The molecule has 0 atom stereocenters. The van der Waals surface area contributed by atoms with Gasteiger partial charge in [-0.15, -0.1) is 0 Å². The fourth-order valence-corrected chi connectivity index (χ4v) is 0.660. The summed E-state index contributed by atoms with van der Waals surface area (Å²) in [6, 6.07) is 0. The first-order valence-corrected chi connectivity index (χ1v) is 2.60. The van der Waals surface area contributed by atoms with Crippen LogP contribution < -0.4 is 0 Å². The summed E-state index contributed by atoms with van der Waals surface area (Å²) in [6.45, 7) is 3.48. The van der Waals surface area contributed by atoms with Gasteiger partial charge in [0.05, 0.1) is 5.71 Å².